The van der Waals surface area contributed by atoms with Crippen LogP contribution >= 0.6 is 11.6 Å². The topological polar surface area (TPSA) is 21.3 Å². The maximum absolute atomic E-state index is 6.03. The van der Waals surface area contributed by atoms with Gasteiger partial charge < -0.3 is 10.1 Å². The Bertz CT molecular complexity index is 337. The Labute approximate surface area is 96.6 Å². The molecule has 0 aliphatic rings. The summed E-state index contributed by atoms with van der Waals surface area (Å²) in [4.78, 5) is 0. The highest BCUT2D eigenvalue weighted by Gasteiger charge is 2.07. The van der Waals surface area contributed by atoms with Gasteiger partial charge in [0.05, 0.1) is 12.3 Å². The first-order valence-electron chi connectivity index (χ1n) is 5.15. The van der Waals surface area contributed by atoms with Crippen molar-refractivity contribution in [2.24, 2.45) is 5.92 Å². The molecule has 3 heteroatoms. The SMILES string of the molecule is CNc1cc(Cl)c(C)cc1OCC(C)C. The molecule has 1 rings (SSSR count). The summed E-state index contributed by atoms with van der Waals surface area (Å²) < 4.78 is 5.70. The molecule has 0 unspecified atom stereocenters. The van der Waals surface area contributed by atoms with E-state index < -0.39 is 0 Å². The molecule has 0 atom stereocenters. The fraction of sp³-hybridized carbons (Fsp3) is 0.500. The van der Waals surface area contributed by atoms with E-state index in [1.807, 2.05) is 26.1 Å². The Kier molecular flexibility index (Phi) is 4.28. The summed E-state index contributed by atoms with van der Waals surface area (Å²) in [5, 5.41) is 3.84. The lowest BCUT2D eigenvalue weighted by molar-refractivity contribution is 0.272. The third-order valence-electron chi connectivity index (χ3n) is 2.10. The normalized spacial score (nSPS) is 10.5. The van der Waals surface area contributed by atoms with Crippen molar-refractivity contribution >= 4 is 17.3 Å². The number of hydrogen-bond acceptors (Lipinski definition) is 2. The molecule has 0 aliphatic carbocycles. The van der Waals surface area contributed by atoms with Gasteiger partial charge in [-0.25, -0.2) is 0 Å². The second-order valence-corrected chi connectivity index (χ2v) is 4.46. The van der Waals surface area contributed by atoms with Crippen LogP contribution in [0.1, 0.15) is 19.4 Å². The van der Waals surface area contributed by atoms with Crippen LogP contribution in [0.25, 0.3) is 0 Å². The minimum atomic E-state index is 0.519. The highest BCUT2D eigenvalue weighted by molar-refractivity contribution is 6.31. The van der Waals surface area contributed by atoms with Crippen LogP contribution in [0.3, 0.4) is 0 Å². The molecule has 0 fully saturated rings. The van der Waals surface area contributed by atoms with Gasteiger partial charge in [0.1, 0.15) is 5.75 Å². The Hall–Kier alpha value is -0.890. The standard InChI is InChI=1S/C12H18ClNO/c1-8(2)7-15-12-5-9(3)10(13)6-11(12)14-4/h5-6,8,14H,7H2,1-4H3. The monoisotopic (exact) mass is 227 g/mol. The highest BCUT2D eigenvalue weighted by atomic mass is 35.5. The molecule has 0 aromatic heterocycles. The molecule has 2 nitrogen and oxygen atoms in total. The third kappa shape index (κ3) is 3.31. The van der Waals surface area contributed by atoms with E-state index in [4.69, 9.17) is 16.3 Å². The van der Waals surface area contributed by atoms with Gasteiger partial charge in [0, 0.05) is 12.1 Å². The van der Waals surface area contributed by atoms with E-state index >= 15 is 0 Å². The molecule has 0 spiro atoms. The Morgan fingerprint density at radius 2 is 2.07 bits per heavy atom. The molecule has 0 aliphatic heterocycles. The lowest BCUT2D eigenvalue weighted by Crippen LogP contribution is -2.06. The van der Waals surface area contributed by atoms with Crippen molar-refractivity contribution in [3.63, 3.8) is 0 Å². The fourth-order valence-corrected chi connectivity index (χ4v) is 1.39. The van der Waals surface area contributed by atoms with E-state index in [1.165, 1.54) is 0 Å². The van der Waals surface area contributed by atoms with Crippen LogP contribution in [-0.4, -0.2) is 13.7 Å². The number of halogens is 1. The predicted molar refractivity (Wildman–Crippen MR) is 66.1 cm³/mol. The maximum Gasteiger partial charge on any atom is 0.142 e. The summed E-state index contributed by atoms with van der Waals surface area (Å²) in [5.41, 5.74) is 1.97. The van der Waals surface area contributed by atoms with Crippen LogP contribution in [0.15, 0.2) is 12.1 Å². The van der Waals surface area contributed by atoms with Crippen molar-refractivity contribution in [3.05, 3.63) is 22.7 Å². The first kappa shape index (κ1) is 12.2. The van der Waals surface area contributed by atoms with Gasteiger partial charge >= 0.3 is 0 Å². The first-order valence-corrected chi connectivity index (χ1v) is 5.53. The van der Waals surface area contributed by atoms with Crippen molar-refractivity contribution in [2.75, 3.05) is 19.0 Å². The molecule has 0 saturated carbocycles. The Morgan fingerprint density at radius 1 is 1.40 bits per heavy atom. The average Bonchev–Trinajstić information content (AvgIpc) is 2.19. The number of benzene rings is 1. The molecule has 1 aromatic rings. The number of ether oxygens (including phenoxy) is 1. The quantitative estimate of drug-likeness (QED) is 0.847. The van der Waals surface area contributed by atoms with Gasteiger partial charge in [0.15, 0.2) is 0 Å². The largest absolute Gasteiger partial charge is 0.491 e. The molecular weight excluding hydrogens is 210 g/mol. The minimum absolute atomic E-state index is 0.519. The zero-order chi connectivity index (χ0) is 11.4. The van der Waals surface area contributed by atoms with Crippen molar-refractivity contribution in [2.45, 2.75) is 20.8 Å². The van der Waals surface area contributed by atoms with E-state index in [0.29, 0.717) is 5.92 Å². The van der Waals surface area contributed by atoms with Crippen LogP contribution in [0.2, 0.25) is 5.02 Å². The second-order valence-electron chi connectivity index (χ2n) is 4.05. The van der Waals surface area contributed by atoms with Crippen LogP contribution in [0, 0.1) is 12.8 Å². The number of nitrogens with one attached hydrogen (secondary N) is 1. The summed E-state index contributed by atoms with van der Waals surface area (Å²) in [6.45, 7) is 6.95. The van der Waals surface area contributed by atoms with E-state index in [9.17, 15) is 0 Å². The molecule has 84 valence electrons. The van der Waals surface area contributed by atoms with Gasteiger partial charge in [0.25, 0.3) is 0 Å². The summed E-state index contributed by atoms with van der Waals surface area (Å²) in [7, 11) is 1.86. The van der Waals surface area contributed by atoms with Gasteiger partial charge in [-0.15, -0.1) is 0 Å². The highest BCUT2D eigenvalue weighted by Crippen LogP contribution is 2.30. The van der Waals surface area contributed by atoms with Crippen LogP contribution in [-0.2, 0) is 0 Å². The summed E-state index contributed by atoms with van der Waals surface area (Å²) in [6.07, 6.45) is 0. The minimum Gasteiger partial charge on any atom is -0.491 e. The summed E-state index contributed by atoms with van der Waals surface area (Å²) >= 11 is 6.03. The van der Waals surface area contributed by atoms with Gasteiger partial charge in [-0.2, -0.15) is 0 Å². The molecule has 15 heavy (non-hydrogen) atoms. The van der Waals surface area contributed by atoms with Crippen molar-refractivity contribution < 1.29 is 4.74 Å². The van der Waals surface area contributed by atoms with E-state index in [2.05, 4.69) is 19.2 Å². The van der Waals surface area contributed by atoms with Crippen LogP contribution < -0.4 is 10.1 Å². The summed E-state index contributed by atoms with van der Waals surface area (Å²) in [6, 6.07) is 3.86. The van der Waals surface area contributed by atoms with Gasteiger partial charge in [-0.1, -0.05) is 25.4 Å². The molecule has 0 saturated heterocycles. The van der Waals surface area contributed by atoms with Crippen molar-refractivity contribution in [1.29, 1.82) is 0 Å². The fourth-order valence-electron chi connectivity index (χ4n) is 1.23. The molecule has 0 heterocycles. The number of aryl methyl sites for hydroxylation is 1. The number of hydrogen-bond donors (Lipinski definition) is 1. The van der Waals surface area contributed by atoms with Crippen LogP contribution in [0.5, 0.6) is 5.75 Å². The molecule has 0 bridgehead atoms. The Balaban J connectivity index is 2.89. The first-order chi connectivity index (χ1) is 7.04. The third-order valence-corrected chi connectivity index (χ3v) is 2.51. The van der Waals surface area contributed by atoms with Gasteiger partial charge in [-0.05, 0) is 30.5 Å². The molecule has 0 radical (unpaired) electrons. The molecule has 0 amide bonds. The van der Waals surface area contributed by atoms with Crippen molar-refractivity contribution in [3.8, 4) is 5.75 Å². The van der Waals surface area contributed by atoms with E-state index in [0.717, 1.165) is 28.6 Å². The molecule has 1 aromatic carbocycles. The maximum atomic E-state index is 6.03. The Morgan fingerprint density at radius 3 is 2.60 bits per heavy atom. The van der Waals surface area contributed by atoms with E-state index in [-0.39, 0.29) is 0 Å². The lowest BCUT2D eigenvalue weighted by atomic mass is 10.2. The smallest absolute Gasteiger partial charge is 0.142 e. The average molecular weight is 228 g/mol. The predicted octanol–water partition coefficient (Wildman–Crippen LogP) is 3.72. The van der Waals surface area contributed by atoms with E-state index in [1.54, 1.807) is 0 Å². The number of rotatable bonds is 4. The van der Waals surface area contributed by atoms with Gasteiger partial charge in [-0.3, -0.25) is 0 Å². The van der Waals surface area contributed by atoms with Crippen LogP contribution in [0.4, 0.5) is 5.69 Å². The zero-order valence-electron chi connectivity index (χ0n) is 9.73. The van der Waals surface area contributed by atoms with Crippen molar-refractivity contribution in [1.82, 2.24) is 0 Å². The molecule has 1 N–H and O–H groups in total. The summed E-state index contributed by atoms with van der Waals surface area (Å²) in [5.74, 6) is 1.39. The van der Waals surface area contributed by atoms with Gasteiger partial charge in [0.2, 0.25) is 0 Å². The molecular formula is C12H18ClNO. The zero-order valence-corrected chi connectivity index (χ0v) is 10.5. The number of anilines is 1. The second kappa shape index (κ2) is 5.26. The lowest BCUT2D eigenvalue weighted by Gasteiger charge is -2.14.